The van der Waals surface area contributed by atoms with Crippen molar-refractivity contribution in [2.24, 2.45) is 0 Å². The fourth-order valence-electron chi connectivity index (χ4n) is 3.07. The highest BCUT2D eigenvalue weighted by molar-refractivity contribution is 5.78. The Hall–Kier alpha value is -2.14. The van der Waals surface area contributed by atoms with Crippen LogP contribution in [0.25, 0.3) is 0 Å². The Morgan fingerprint density at radius 2 is 2.13 bits per heavy atom. The van der Waals surface area contributed by atoms with E-state index in [1.807, 2.05) is 44.4 Å². The molecule has 1 aromatic heterocycles. The highest BCUT2D eigenvalue weighted by Gasteiger charge is 2.26. The molecule has 23 heavy (non-hydrogen) atoms. The number of fused-ring (bicyclic) bond motifs is 1. The van der Waals surface area contributed by atoms with Crippen LogP contribution in [0.2, 0.25) is 0 Å². The number of nitrogens with one attached hydrogen (secondary N) is 1. The van der Waals surface area contributed by atoms with Gasteiger partial charge in [0.15, 0.2) is 0 Å². The van der Waals surface area contributed by atoms with Gasteiger partial charge in [-0.15, -0.1) is 0 Å². The third kappa shape index (κ3) is 3.99. The molecule has 3 rings (SSSR count). The van der Waals surface area contributed by atoms with Crippen molar-refractivity contribution in [3.63, 3.8) is 0 Å². The van der Waals surface area contributed by atoms with Crippen LogP contribution < -0.4 is 5.32 Å². The molecule has 1 unspecified atom stereocenters. The number of hydrogen-bond donors (Lipinski definition) is 1. The summed E-state index contributed by atoms with van der Waals surface area (Å²) in [5.41, 5.74) is 3.21. The molecular weight excluding hydrogens is 290 g/mol. The van der Waals surface area contributed by atoms with Crippen molar-refractivity contribution >= 4 is 5.91 Å². The minimum absolute atomic E-state index is 0.0789. The zero-order chi connectivity index (χ0) is 16.2. The number of hydrogen-bond acceptors (Lipinski definition) is 4. The molecule has 0 saturated heterocycles. The predicted molar refractivity (Wildman–Crippen MR) is 88.0 cm³/mol. The van der Waals surface area contributed by atoms with Crippen molar-refractivity contribution in [1.29, 1.82) is 0 Å². The maximum Gasteiger partial charge on any atom is 0.224 e. The smallest absolute Gasteiger partial charge is 0.224 e. The molecule has 1 aliphatic carbocycles. The number of aromatic nitrogens is 1. The average Bonchev–Trinajstić information content (AvgIpc) is 2.90. The molecule has 0 aliphatic heterocycles. The molecule has 0 saturated carbocycles. The SMILES string of the molecule is CN(C)Cc1noc2c1CC(NC(=O)Cc1ccccc1)CC2. The fraction of sp³-hybridized carbons (Fsp3) is 0.444. The molecule has 5 nitrogen and oxygen atoms in total. The van der Waals surface area contributed by atoms with Gasteiger partial charge in [-0.1, -0.05) is 35.5 Å². The van der Waals surface area contributed by atoms with Crippen molar-refractivity contribution in [3.8, 4) is 0 Å². The Balaban J connectivity index is 1.60. The van der Waals surface area contributed by atoms with Crippen LogP contribution in [0.5, 0.6) is 0 Å². The minimum atomic E-state index is 0.0789. The van der Waals surface area contributed by atoms with E-state index < -0.39 is 0 Å². The molecule has 0 bridgehead atoms. The highest BCUT2D eigenvalue weighted by atomic mass is 16.5. The van der Waals surface area contributed by atoms with Gasteiger partial charge in [0.25, 0.3) is 0 Å². The molecule has 1 aromatic carbocycles. The van der Waals surface area contributed by atoms with Gasteiger partial charge in [-0.05, 0) is 32.5 Å². The van der Waals surface area contributed by atoms with Crippen molar-refractivity contribution in [3.05, 3.63) is 52.9 Å². The van der Waals surface area contributed by atoms with E-state index in [0.717, 1.165) is 42.8 Å². The Morgan fingerprint density at radius 3 is 2.87 bits per heavy atom. The van der Waals surface area contributed by atoms with Gasteiger partial charge in [0.2, 0.25) is 5.91 Å². The molecular formula is C18H23N3O2. The largest absolute Gasteiger partial charge is 0.361 e. The van der Waals surface area contributed by atoms with Gasteiger partial charge < -0.3 is 14.7 Å². The summed E-state index contributed by atoms with van der Waals surface area (Å²) in [6.45, 7) is 0.767. The summed E-state index contributed by atoms with van der Waals surface area (Å²) in [6, 6.07) is 10.0. The van der Waals surface area contributed by atoms with Crippen LogP contribution in [0.4, 0.5) is 0 Å². The molecule has 0 spiro atoms. The quantitative estimate of drug-likeness (QED) is 0.916. The van der Waals surface area contributed by atoms with Gasteiger partial charge in [-0.25, -0.2) is 0 Å². The summed E-state index contributed by atoms with van der Waals surface area (Å²) in [4.78, 5) is 14.3. The predicted octanol–water partition coefficient (Wildman–Crippen LogP) is 1.95. The molecule has 0 fully saturated rings. The number of carbonyl (C=O) groups is 1. The van der Waals surface area contributed by atoms with Crippen LogP contribution in [0, 0.1) is 0 Å². The number of rotatable bonds is 5. The number of nitrogens with zero attached hydrogens (tertiary/aromatic N) is 2. The van der Waals surface area contributed by atoms with Crippen LogP contribution in [0.15, 0.2) is 34.9 Å². The van der Waals surface area contributed by atoms with Crippen molar-refractivity contribution < 1.29 is 9.32 Å². The molecule has 1 N–H and O–H groups in total. The molecule has 0 radical (unpaired) electrons. The Labute approximate surface area is 136 Å². The lowest BCUT2D eigenvalue weighted by Gasteiger charge is -2.23. The molecule has 2 aromatic rings. The monoisotopic (exact) mass is 313 g/mol. The molecule has 1 aliphatic rings. The summed E-state index contributed by atoms with van der Waals surface area (Å²) in [7, 11) is 4.03. The standard InChI is InChI=1S/C18H23N3O2/c1-21(2)12-16-15-11-14(8-9-17(15)23-20-16)19-18(22)10-13-6-4-3-5-7-13/h3-7,14H,8-12H2,1-2H3,(H,19,22). The third-order valence-electron chi connectivity index (χ3n) is 4.16. The third-order valence-corrected chi connectivity index (χ3v) is 4.16. The van der Waals surface area contributed by atoms with Gasteiger partial charge >= 0.3 is 0 Å². The van der Waals surface area contributed by atoms with E-state index in [4.69, 9.17) is 4.52 Å². The molecule has 5 heteroatoms. The molecule has 1 atom stereocenters. The van der Waals surface area contributed by atoms with Crippen molar-refractivity contribution in [1.82, 2.24) is 15.4 Å². The number of amides is 1. The number of carbonyl (C=O) groups excluding carboxylic acids is 1. The van der Waals surface area contributed by atoms with E-state index in [1.54, 1.807) is 0 Å². The number of benzene rings is 1. The Morgan fingerprint density at radius 1 is 1.35 bits per heavy atom. The van der Waals surface area contributed by atoms with Crippen LogP contribution in [-0.2, 0) is 30.6 Å². The van der Waals surface area contributed by atoms with Crippen molar-refractivity contribution in [2.75, 3.05) is 14.1 Å². The summed E-state index contributed by atoms with van der Waals surface area (Å²) in [5.74, 6) is 1.06. The van der Waals surface area contributed by atoms with E-state index in [2.05, 4.69) is 15.4 Å². The maximum absolute atomic E-state index is 12.2. The van der Waals surface area contributed by atoms with E-state index in [0.29, 0.717) is 6.42 Å². The van der Waals surface area contributed by atoms with E-state index in [-0.39, 0.29) is 11.9 Å². The second kappa shape index (κ2) is 6.96. The van der Waals surface area contributed by atoms with E-state index in [1.165, 1.54) is 5.56 Å². The second-order valence-corrected chi connectivity index (χ2v) is 6.44. The first-order chi connectivity index (χ1) is 11.1. The molecule has 122 valence electrons. The fourth-order valence-corrected chi connectivity index (χ4v) is 3.07. The van der Waals surface area contributed by atoms with Gasteiger partial charge in [0.05, 0.1) is 6.42 Å². The normalized spacial score (nSPS) is 17.1. The average molecular weight is 313 g/mol. The Bertz CT molecular complexity index is 664. The first-order valence-electron chi connectivity index (χ1n) is 8.06. The summed E-state index contributed by atoms with van der Waals surface area (Å²) < 4.78 is 5.45. The first kappa shape index (κ1) is 15.7. The van der Waals surface area contributed by atoms with Crippen LogP contribution >= 0.6 is 0 Å². The lowest BCUT2D eigenvalue weighted by molar-refractivity contribution is -0.121. The summed E-state index contributed by atoms with van der Waals surface area (Å²) >= 11 is 0. The topological polar surface area (TPSA) is 58.4 Å². The Kier molecular flexibility index (Phi) is 4.76. The highest BCUT2D eigenvalue weighted by Crippen LogP contribution is 2.25. The van der Waals surface area contributed by atoms with Gasteiger partial charge in [-0.2, -0.15) is 0 Å². The van der Waals surface area contributed by atoms with Gasteiger partial charge in [0.1, 0.15) is 11.5 Å². The van der Waals surface area contributed by atoms with Gasteiger partial charge in [-0.3, -0.25) is 4.79 Å². The summed E-state index contributed by atoms with van der Waals surface area (Å²) in [6.07, 6.45) is 2.98. The maximum atomic E-state index is 12.2. The van der Waals surface area contributed by atoms with Gasteiger partial charge in [0, 0.05) is 24.6 Å². The van der Waals surface area contributed by atoms with Crippen LogP contribution in [0.1, 0.15) is 29.0 Å². The molecule has 1 amide bonds. The lowest BCUT2D eigenvalue weighted by Crippen LogP contribution is -2.39. The summed E-state index contributed by atoms with van der Waals surface area (Å²) in [5, 5.41) is 7.35. The molecule has 1 heterocycles. The number of aryl methyl sites for hydroxylation is 1. The minimum Gasteiger partial charge on any atom is -0.361 e. The zero-order valence-corrected chi connectivity index (χ0v) is 13.7. The van der Waals surface area contributed by atoms with Crippen molar-refractivity contribution in [2.45, 2.75) is 38.3 Å². The zero-order valence-electron chi connectivity index (χ0n) is 13.7. The van der Waals surface area contributed by atoms with E-state index in [9.17, 15) is 4.79 Å². The van der Waals surface area contributed by atoms with E-state index >= 15 is 0 Å². The lowest BCUT2D eigenvalue weighted by atomic mass is 9.91. The second-order valence-electron chi connectivity index (χ2n) is 6.44. The first-order valence-corrected chi connectivity index (χ1v) is 8.06. The van der Waals surface area contributed by atoms with Crippen LogP contribution in [0.3, 0.4) is 0 Å². The van der Waals surface area contributed by atoms with Crippen LogP contribution in [-0.4, -0.2) is 36.1 Å².